The molecule has 1 atom stereocenters. The number of hydrogen-bond donors (Lipinski definition) is 1. The van der Waals surface area contributed by atoms with Crippen molar-refractivity contribution in [2.75, 3.05) is 26.3 Å². The van der Waals surface area contributed by atoms with Gasteiger partial charge in [0.25, 0.3) is 0 Å². The van der Waals surface area contributed by atoms with Gasteiger partial charge in [-0.2, -0.15) is 0 Å². The summed E-state index contributed by atoms with van der Waals surface area (Å²) < 4.78 is 30.5. The number of sulfone groups is 1. The van der Waals surface area contributed by atoms with Gasteiger partial charge in [0.05, 0.1) is 18.1 Å². The van der Waals surface area contributed by atoms with Crippen LogP contribution in [0.4, 0.5) is 0 Å². The Balaban J connectivity index is 1.76. The molecule has 2 saturated heterocycles. The SMILES string of the molecule is O=S(=O)(c1ccc(CC2CCCNC2)cc1Br)C1COC1. The molecule has 116 valence electrons. The summed E-state index contributed by atoms with van der Waals surface area (Å²) in [6.07, 6.45) is 3.46. The van der Waals surface area contributed by atoms with Gasteiger partial charge in [0.15, 0.2) is 9.84 Å². The summed E-state index contributed by atoms with van der Waals surface area (Å²) in [5, 5.41) is 3.03. The van der Waals surface area contributed by atoms with Crippen molar-refractivity contribution in [3.63, 3.8) is 0 Å². The molecule has 6 heteroatoms. The van der Waals surface area contributed by atoms with Gasteiger partial charge in [-0.25, -0.2) is 8.42 Å². The monoisotopic (exact) mass is 373 g/mol. The first kappa shape index (κ1) is 15.5. The van der Waals surface area contributed by atoms with Crippen LogP contribution < -0.4 is 5.32 Å². The normalized spacial score (nSPS) is 23.8. The van der Waals surface area contributed by atoms with E-state index in [1.54, 1.807) is 6.07 Å². The molecule has 4 nitrogen and oxygen atoms in total. The summed E-state index contributed by atoms with van der Waals surface area (Å²) in [7, 11) is -3.27. The maximum atomic E-state index is 12.4. The van der Waals surface area contributed by atoms with E-state index in [1.807, 2.05) is 12.1 Å². The molecule has 2 heterocycles. The molecule has 0 spiro atoms. The second-order valence-corrected chi connectivity index (χ2v) is 8.94. The second kappa shape index (κ2) is 6.36. The number of hydrogen-bond acceptors (Lipinski definition) is 4. The van der Waals surface area contributed by atoms with Crippen molar-refractivity contribution in [2.24, 2.45) is 5.92 Å². The zero-order valence-electron chi connectivity index (χ0n) is 11.8. The zero-order valence-corrected chi connectivity index (χ0v) is 14.2. The molecule has 1 aromatic carbocycles. The molecule has 1 aromatic rings. The first-order valence-electron chi connectivity index (χ1n) is 7.38. The van der Waals surface area contributed by atoms with Gasteiger partial charge in [0, 0.05) is 4.47 Å². The van der Waals surface area contributed by atoms with E-state index in [-0.39, 0.29) is 5.25 Å². The Bertz CT molecular complexity index is 607. The van der Waals surface area contributed by atoms with Crippen molar-refractivity contribution in [2.45, 2.75) is 29.4 Å². The number of benzene rings is 1. The maximum absolute atomic E-state index is 12.4. The molecular formula is C15H20BrNO3S. The van der Waals surface area contributed by atoms with Crippen LogP contribution in [0.3, 0.4) is 0 Å². The number of piperidine rings is 1. The Morgan fingerprint density at radius 2 is 2.14 bits per heavy atom. The highest BCUT2D eigenvalue weighted by molar-refractivity contribution is 9.10. The van der Waals surface area contributed by atoms with E-state index in [0.29, 0.717) is 28.5 Å². The lowest BCUT2D eigenvalue weighted by Gasteiger charge is -2.26. The lowest BCUT2D eigenvalue weighted by molar-refractivity contribution is 0.0416. The molecule has 0 saturated carbocycles. The smallest absolute Gasteiger partial charge is 0.186 e. The van der Waals surface area contributed by atoms with E-state index < -0.39 is 9.84 Å². The molecule has 0 amide bonds. The number of ether oxygens (including phenoxy) is 1. The van der Waals surface area contributed by atoms with Crippen LogP contribution in [0.25, 0.3) is 0 Å². The molecule has 0 aliphatic carbocycles. The van der Waals surface area contributed by atoms with Gasteiger partial charge in [-0.05, 0) is 71.9 Å². The number of rotatable bonds is 4. The lowest BCUT2D eigenvalue weighted by Crippen LogP contribution is -2.40. The van der Waals surface area contributed by atoms with Gasteiger partial charge >= 0.3 is 0 Å². The lowest BCUT2D eigenvalue weighted by atomic mass is 9.92. The average molecular weight is 374 g/mol. The Morgan fingerprint density at radius 3 is 2.71 bits per heavy atom. The quantitative estimate of drug-likeness (QED) is 0.878. The molecule has 0 aromatic heterocycles. The first-order valence-corrected chi connectivity index (χ1v) is 9.72. The minimum absolute atomic E-state index is 0.310. The average Bonchev–Trinajstić information content (AvgIpc) is 2.37. The largest absolute Gasteiger partial charge is 0.379 e. The van der Waals surface area contributed by atoms with Gasteiger partial charge in [0.2, 0.25) is 0 Å². The summed E-state index contributed by atoms with van der Waals surface area (Å²) in [6.45, 7) is 2.78. The van der Waals surface area contributed by atoms with Crippen LogP contribution in [-0.2, 0) is 21.0 Å². The van der Waals surface area contributed by atoms with Gasteiger partial charge in [0.1, 0.15) is 5.25 Å². The molecule has 2 aliphatic heterocycles. The van der Waals surface area contributed by atoms with Gasteiger partial charge in [-0.1, -0.05) is 6.07 Å². The fourth-order valence-corrected chi connectivity index (χ4v) is 5.51. The van der Waals surface area contributed by atoms with Crippen molar-refractivity contribution in [1.82, 2.24) is 5.32 Å². The molecule has 0 bridgehead atoms. The highest BCUT2D eigenvalue weighted by Gasteiger charge is 2.35. The highest BCUT2D eigenvalue weighted by atomic mass is 79.9. The van der Waals surface area contributed by atoms with Crippen LogP contribution in [0.5, 0.6) is 0 Å². The summed E-state index contributed by atoms with van der Waals surface area (Å²) >= 11 is 3.43. The Hall–Kier alpha value is -0.430. The highest BCUT2D eigenvalue weighted by Crippen LogP contribution is 2.30. The van der Waals surface area contributed by atoms with Gasteiger partial charge < -0.3 is 10.1 Å². The fourth-order valence-electron chi connectivity index (χ4n) is 2.91. The molecule has 21 heavy (non-hydrogen) atoms. The molecule has 2 aliphatic rings. The number of nitrogens with one attached hydrogen (secondary N) is 1. The molecule has 2 fully saturated rings. The van der Waals surface area contributed by atoms with Gasteiger partial charge in [-0.15, -0.1) is 0 Å². The first-order chi connectivity index (χ1) is 10.1. The van der Waals surface area contributed by atoms with E-state index in [9.17, 15) is 8.42 Å². The third-order valence-corrected chi connectivity index (χ3v) is 7.31. The van der Waals surface area contributed by atoms with Crippen LogP contribution in [-0.4, -0.2) is 40.0 Å². The third kappa shape index (κ3) is 3.33. The molecular weight excluding hydrogens is 354 g/mol. The van der Waals surface area contributed by atoms with Crippen molar-refractivity contribution < 1.29 is 13.2 Å². The predicted octanol–water partition coefficient (Wildman–Crippen LogP) is 2.16. The summed E-state index contributed by atoms with van der Waals surface area (Å²) in [5.74, 6) is 0.646. The Labute approximate surface area is 134 Å². The van der Waals surface area contributed by atoms with E-state index in [0.717, 1.165) is 19.5 Å². The van der Waals surface area contributed by atoms with Crippen molar-refractivity contribution >= 4 is 25.8 Å². The van der Waals surface area contributed by atoms with Gasteiger partial charge in [-0.3, -0.25) is 0 Å². The number of halogens is 1. The van der Waals surface area contributed by atoms with E-state index in [1.165, 1.54) is 18.4 Å². The van der Waals surface area contributed by atoms with Crippen LogP contribution in [0, 0.1) is 5.92 Å². The van der Waals surface area contributed by atoms with E-state index in [4.69, 9.17) is 4.74 Å². The zero-order chi connectivity index (χ0) is 14.9. The predicted molar refractivity (Wildman–Crippen MR) is 85.2 cm³/mol. The summed E-state index contributed by atoms with van der Waals surface area (Å²) in [6, 6.07) is 5.65. The van der Waals surface area contributed by atoms with Crippen LogP contribution in [0.2, 0.25) is 0 Å². The summed E-state index contributed by atoms with van der Waals surface area (Å²) in [4.78, 5) is 0.390. The van der Waals surface area contributed by atoms with Crippen molar-refractivity contribution in [3.8, 4) is 0 Å². The molecule has 3 rings (SSSR count). The van der Waals surface area contributed by atoms with Crippen LogP contribution in [0.15, 0.2) is 27.6 Å². The molecule has 0 radical (unpaired) electrons. The maximum Gasteiger partial charge on any atom is 0.186 e. The van der Waals surface area contributed by atoms with Crippen molar-refractivity contribution in [3.05, 3.63) is 28.2 Å². The summed E-state index contributed by atoms with van der Waals surface area (Å²) in [5.41, 5.74) is 1.19. The Kier molecular flexibility index (Phi) is 4.69. The fraction of sp³-hybridized carbons (Fsp3) is 0.600. The Morgan fingerprint density at radius 1 is 1.33 bits per heavy atom. The topological polar surface area (TPSA) is 55.4 Å². The minimum Gasteiger partial charge on any atom is -0.379 e. The molecule has 1 unspecified atom stereocenters. The third-order valence-electron chi connectivity index (χ3n) is 4.27. The molecule has 1 N–H and O–H groups in total. The van der Waals surface area contributed by atoms with Crippen LogP contribution in [0.1, 0.15) is 18.4 Å². The van der Waals surface area contributed by atoms with Crippen LogP contribution >= 0.6 is 15.9 Å². The van der Waals surface area contributed by atoms with Crippen molar-refractivity contribution in [1.29, 1.82) is 0 Å². The van der Waals surface area contributed by atoms with E-state index in [2.05, 4.69) is 21.2 Å². The standard InChI is InChI=1S/C15H20BrNO3S/c16-14-7-11(6-12-2-1-5-17-8-12)3-4-15(14)21(18,19)13-9-20-10-13/h3-4,7,12-13,17H,1-2,5-6,8-10H2. The second-order valence-electron chi connectivity index (χ2n) is 5.89. The van der Waals surface area contributed by atoms with E-state index >= 15 is 0 Å². The minimum atomic E-state index is -3.27.